The molecule has 0 unspecified atom stereocenters. The van der Waals surface area contributed by atoms with Gasteiger partial charge in [-0.25, -0.2) is 0 Å². The molecule has 0 radical (unpaired) electrons. The molecule has 2 aliphatic heterocycles. The molecule has 0 aliphatic carbocycles. The van der Waals surface area contributed by atoms with Gasteiger partial charge >= 0.3 is 0 Å². The van der Waals surface area contributed by atoms with E-state index in [-0.39, 0.29) is 17.4 Å². The summed E-state index contributed by atoms with van der Waals surface area (Å²) in [6.45, 7) is 4.01. The highest BCUT2D eigenvalue weighted by atomic mass is 16.2. The van der Waals surface area contributed by atoms with Gasteiger partial charge in [0.05, 0.1) is 0 Å². The number of carbonyl (C=O) groups is 2. The van der Waals surface area contributed by atoms with Crippen LogP contribution in [0, 0.1) is 5.92 Å². The van der Waals surface area contributed by atoms with E-state index in [2.05, 4.69) is 88.3 Å². The van der Waals surface area contributed by atoms with Crippen molar-refractivity contribution in [3.05, 3.63) is 83.9 Å². The summed E-state index contributed by atoms with van der Waals surface area (Å²) in [5, 5.41) is 8.90. The average Bonchev–Trinajstić information content (AvgIpc) is 3.31. The number of amides is 2. The van der Waals surface area contributed by atoms with E-state index in [0.717, 1.165) is 45.4 Å². The fourth-order valence-electron chi connectivity index (χ4n) is 6.15. The Morgan fingerprint density at radius 1 is 1.03 bits per heavy atom. The predicted molar refractivity (Wildman–Crippen MR) is 149 cm³/mol. The number of benzene rings is 3. The van der Waals surface area contributed by atoms with Gasteiger partial charge in [0.25, 0.3) is 0 Å². The van der Waals surface area contributed by atoms with Gasteiger partial charge in [-0.2, -0.15) is 0 Å². The SMILES string of the molecule is O=C(CC[C@@]1(Cc2cccc3ccccc23)CCC(=O)N1)NC[C@H]1CCCN(CCc2ccccc2)C1. The highest BCUT2D eigenvalue weighted by molar-refractivity contribution is 5.86. The summed E-state index contributed by atoms with van der Waals surface area (Å²) in [6.07, 6.45) is 6.61. The van der Waals surface area contributed by atoms with Gasteiger partial charge in [-0.1, -0.05) is 72.8 Å². The fourth-order valence-corrected chi connectivity index (χ4v) is 6.15. The molecule has 2 fully saturated rings. The van der Waals surface area contributed by atoms with Gasteiger partial charge in [-0.05, 0) is 72.9 Å². The van der Waals surface area contributed by atoms with Crippen molar-refractivity contribution in [3.63, 3.8) is 0 Å². The fraction of sp³-hybridized carbons (Fsp3) is 0.438. The van der Waals surface area contributed by atoms with Crippen molar-refractivity contribution in [1.29, 1.82) is 0 Å². The molecule has 2 N–H and O–H groups in total. The maximum atomic E-state index is 12.9. The first-order valence-electron chi connectivity index (χ1n) is 13.9. The molecule has 2 amide bonds. The van der Waals surface area contributed by atoms with Gasteiger partial charge < -0.3 is 15.5 Å². The Balaban J connectivity index is 1.12. The van der Waals surface area contributed by atoms with E-state index >= 15 is 0 Å². The van der Waals surface area contributed by atoms with Crippen LogP contribution < -0.4 is 10.6 Å². The average molecular weight is 498 g/mol. The third kappa shape index (κ3) is 6.78. The largest absolute Gasteiger partial charge is 0.356 e. The van der Waals surface area contributed by atoms with Crippen LogP contribution in [-0.2, 0) is 22.4 Å². The quantitative estimate of drug-likeness (QED) is 0.420. The van der Waals surface area contributed by atoms with Gasteiger partial charge in [-0.15, -0.1) is 0 Å². The number of nitrogens with zero attached hydrogens (tertiary/aromatic N) is 1. The second-order valence-corrected chi connectivity index (χ2v) is 11.0. The van der Waals surface area contributed by atoms with E-state index in [1.165, 1.54) is 34.7 Å². The number of likely N-dealkylation sites (tertiary alicyclic amines) is 1. The Kier molecular flexibility index (Phi) is 8.20. The lowest BCUT2D eigenvalue weighted by atomic mass is 9.83. The highest BCUT2D eigenvalue weighted by Crippen LogP contribution is 2.32. The molecular weight excluding hydrogens is 458 g/mol. The zero-order chi connectivity index (χ0) is 25.5. The smallest absolute Gasteiger partial charge is 0.220 e. The lowest BCUT2D eigenvalue weighted by molar-refractivity contribution is -0.123. The third-order valence-corrected chi connectivity index (χ3v) is 8.23. The maximum absolute atomic E-state index is 12.9. The Hall–Kier alpha value is -3.18. The zero-order valence-corrected chi connectivity index (χ0v) is 21.8. The molecule has 2 atom stereocenters. The summed E-state index contributed by atoms with van der Waals surface area (Å²) in [4.78, 5) is 27.7. The number of rotatable bonds is 10. The van der Waals surface area contributed by atoms with Crippen molar-refractivity contribution >= 4 is 22.6 Å². The minimum Gasteiger partial charge on any atom is -0.356 e. The minimum absolute atomic E-state index is 0.0958. The van der Waals surface area contributed by atoms with Crippen molar-refractivity contribution in [2.24, 2.45) is 5.92 Å². The van der Waals surface area contributed by atoms with E-state index in [0.29, 0.717) is 25.2 Å². The molecule has 194 valence electrons. The predicted octanol–water partition coefficient (Wildman–Crippen LogP) is 4.88. The van der Waals surface area contributed by atoms with Crippen molar-refractivity contribution < 1.29 is 9.59 Å². The Labute approximate surface area is 220 Å². The van der Waals surface area contributed by atoms with Crippen LogP contribution in [0.4, 0.5) is 0 Å². The standard InChI is InChI=1S/C32H39N3O2/c36-30(33-23-26-10-7-20-35(24-26)21-17-25-8-2-1-3-9-25)15-18-32(19-16-31(37)34-32)22-28-13-6-12-27-11-4-5-14-29(27)28/h1-6,8-9,11-14,26H,7,10,15-24H2,(H,33,36)(H,34,37)/t26-,32+/m1/s1. The normalized spacial score (nSPS) is 22.2. The first kappa shape index (κ1) is 25.5. The molecule has 2 aliphatic rings. The second-order valence-electron chi connectivity index (χ2n) is 11.0. The molecule has 0 aromatic heterocycles. The lowest BCUT2D eigenvalue weighted by Crippen LogP contribution is -2.45. The van der Waals surface area contributed by atoms with Gasteiger partial charge in [-0.3, -0.25) is 9.59 Å². The second kappa shape index (κ2) is 11.9. The molecule has 3 aromatic rings. The Morgan fingerprint density at radius 2 is 1.84 bits per heavy atom. The van der Waals surface area contributed by atoms with Crippen LogP contribution in [0.25, 0.3) is 10.8 Å². The Morgan fingerprint density at radius 3 is 2.68 bits per heavy atom. The van der Waals surface area contributed by atoms with Crippen LogP contribution in [0.1, 0.15) is 49.7 Å². The number of hydrogen-bond acceptors (Lipinski definition) is 3. The van der Waals surface area contributed by atoms with E-state index < -0.39 is 0 Å². The molecule has 5 rings (SSSR count). The molecular formula is C32H39N3O2. The number of nitrogens with one attached hydrogen (secondary N) is 2. The summed E-state index contributed by atoms with van der Waals surface area (Å²) in [7, 11) is 0. The summed E-state index contributed by atoms with van der Waals surface area (Å²) < 4.78 is 0. The number of fused-ring (bicyclic) bond motifs is 1. The van der Waals surface area contributed by atoms with Crippen LogP contribution in [0.15, 0.2) is 72.8 Å². The molecule has 37 heavy (non-hydrogen) atoms. The van der Waals surface area contributed by atoms with Crippen molar-refractivity contribution in [3.8, 4) is 0 Å². The lowest BCUT2D eigenvalue weighted by Gasteiger charge is -2.33. The molecule has 3 aromatic carbocycles. The van der Waals surface area contributed by atoms with E-state index in [4.69, 9.17) is 0 Å². The number of carbonyl (C=O) groups excluding carboxylic acids is 2. The van der Waals surface area contributed by atoms with Gasteiger partial charge in [0.1, 0.15) is 0 Å². The first-order valence-corrected chi connectivity index (χ1v) is 13.9. The van der Waals surface area contributed by atoms with Crippen LogP contribution in [-0.4, -0.2) is 48.4 Å². The van der Waals surface area contributed by atoms with Crippen molar-refractivity contribution in [1.82, 2.24) is 15.5 Å². The molecule has 2 saturated heterocycles. The minimum atomic E-state index is -0.350. The molecule has 0 saturated carbocycles. The molecule has 0 bridgehead atoms. The van der Waals surface area contributed by atoms with Crippen molar-refractivity contribution in [2.45, 2.75) is 56.9 Å². The first-order chi connectivity index (χ1) is 18.1. The summed E-state index contributed by atoms with van der Waals surface area (Å²) >= 11 is 0. The topological polar surface area (TPSA) is 61.4 Å². The number of piperidine rings is 1. The van der Waals surface area contributed by atoms with Gasteiger partial charge in [0, 0.05) is 38.0 Å². The van der Waals surface area contributed by atoms with Crippen molar-refractivity contribution in [2.75, 3.05) is 26.2 Å². The summed E-state index contributed by atoms with van der Waals surface area (Å²) in [5.74, 6) is 0.697. The van der Waals surface area contributed by atoms with Crippen LogP contribution >= 0.6 is 0 Å². The van der Waals surface area contributed by atoms with E-state index in [1.54, 1.807) is 0 Å². The monoisotopic (exact) mass is 497 g/mol. The zero-order valence-electron chi connectivity index (χ0n) is 21.8. The number of hydrogen-bond donors (Lipinski definition) is 2. The highest BCUT2D eigenvalue weighted by Gasteiger charge is 2.38. The molecule has 5 heteroatoms. The molecule has 0 spiro atoms. The third-order valence-electron chi connectivity index (χ3n) is 8.23. The Bertz CT molecular complexity index is 1210. The molecule has 2 heterocycles. The molecule has 5 nitrogen and oxygen atoms in total. The van der Waals surface area contributed by atoms with Crippen LogP contribution in [0.5, 0.6) is 0 Å². The van der Waals surface area contributed by atoms with Gasteiger partial charge in [0.2, 0.25) is 11.8 Å². The van der Waals surface area contributed by atoms with Crippen LogP contribution in [0.2, 0.25) is 0 Å². The van der Waals surface area contributed by atoms with E-state index in [1.807, 2.05) is 0 Å². The summed E-state index contributed by atoms with van der Waals surface area (Å²) in [6, 6.07) is 25.4. The van der Waals surface area contributed by atoms with Gasteiger partial charge in [0.15, 0.2) is 0 Å². The van der Waals surface area contributed by atoms with Crippen LogP contribution in [0.3, 0.4) is 0 Å². The van der Waals surface area contributed by atoms with E-state index in [9.17, 15) is 9.59 Å². The maximum Gasteiger partial charge on any atom is 0.220 e. The summed E-state index contributed by atoms with van der Waals surface area (Å²) in [5.41, 5.74) is 2.27.